The van der Waals surface area contributed by atoms with Gasteiger partial charge >= 0.3 is 0 Å². The summed E-state index contributed by atoms with van der Waals surface area (Å²) in [7, 11) is 1.56. The Bertz CT molecular complexity index is 513. The lowest BCUT2D eigenvalue weighted by atomic mass is 10.2. The standard InChI is InChI=1S/C11H12ClN3O2/c1-16-9-6-7(12)2-3-8(9)11-14-10(4-5-13)15-17-11/h2-3,6H,4-5,13H2,1H3. The Morgan fingerprint density at radius 3 is 3.00 bits per heavy atom. The van der Waals surface area contributed by atoms with Crippen LogP contribution in [0.3, 0.4) is 0 Å². The first-order chi connectivity index (χ1) is 8.24. The third kappa shape index (κ3) is 2.57. The molecule has 1 aromatic carbocycles. The molecule has 1 heterocycles. The van der Waals surface area contributed by atoms with Gasteiger partial charge in [0.15, 0.2) is 5.82 Å². The fourth-order valence-corrected chi connectivity index (χ4v) is 1.60. The van der Waals surface area contributed by atoms with Crippen molar-refractivity contribution in [2.45, 2.75) is 6.42 Å². The van der Waals surface area contributed by atoms with Gasteiger partial charge in [-0.3, -0.25) is 0 Å². The van der Waals surface area contributed by atoms with Crippen molar-refractivity contribution < 1.29 is 9.26 Å². The third-order valence-corrected chi connectivity index (χ3v) is 2.47. The Morgan fingerprint density at radius 1 is 1.47 bits per heavy atom. The number of nitrogens with zero attached hydrogens (tertiary/aromatic N) is 2. The maximum absolute atomic E-state index is 5.87. The molecule has 2 aromatic rings. The molecule has 0 saturated heterocycles. The molecule has 0 aliphatic rings. The minimum Gasteiger partial charge on any atom is -0.496 e. The Balaban J connectivity index is 2.37. The van der Waals surface area contributed by atoms with E-state index in [2.05, 4.69) is 10.1 Å². The van der Waals surface area contributed by atoms with E-state index in [9.17, 15) is 0 Å². The summed E-state index contributed by atoms with van der Waals surface area (Å²) in [4.78, 5) is 4.23. The molecule has 0 unspecified atom stereocenters. The molecule has 0 radical (unpaired) electrons. The Kier molecular flexibility index (Phi) is 3.61. The van der Waals surface area contributed by atoms with Gasteiger partial charge in [-0.2, -0.15) is 4.98 Å². The fraction of sp³-hybridized carbons (Fsp3) is 0.273. The second-order valence-corrected chi connectivity index (χ2v) is 3.84. The Labute approximate surface area is 104 Å². The number of ether oxygens (including phenoxy) is 1. The molecular formula is C11H12ClN3O2. The quantitative estimate of drug-likeness (QED) is 0.901. The lowest BCUT2D eigenvalue weighted by Crippen LogP contribution is -2.03. The van der Waals surface area contributed by atoms with Gasteiger partial charge in [-0.1, -0.05) is 16.8 Å². The average molecular weight is 254 g/mol. The molecule has 0 aliphatic carbocycles. The van der Waals surface area contributed by atoms with Crippen LogP contribution in [-0.2, 0) is 6.42 Å². The SMILES string of the molecule is COc1cc(Cl)ccc1-c1nc(CCN)no1. The van der Waals surface area contributed by atoms with Gasteiger partial charge in [-0.25, -0.2) is 0 Å². The number of hydrogen-bond acceptors (Lipinski definition) is 5. The summed E-state index contributed by atoms with van der Waals surface area (Å²) in [6.45, 7) is 0.483. The van der Waals surface area contributed by atoms with E-state index in [-0.39, 0.29) is 0 Å². The summed E-state index contributed by atoms with van der Waals surface area (Å²) in [5.74, 6) is 1.59. The van der Waals surface area contributed by atoms with E-state index in [0.29, 0.717) is 41.0 Å². The second kappa shape index (κ2) is 5.16. The molecule has 0 amide bonds. The molecule has 90 valence electrons. The van der Waals surface area contributed by atoms with Crippen LogP contribution in [-0.4, -0.2) is 23.8 Å². The summed E-state index contributed by atoms with van der Waals surface area (Å²) >= 11 is 5.87. The topological polar surface area (TPSA) is 74.2 Å². The second-order valence-electron chi connectivity index (χ2n) is 3.40. The number of halogens is 1. The summed E-state index contributed by atoms with van der Waals surface area (Å²) in [6, 6.07) is 5.22. The molecule has 0 saturated carbocycles. The predicted molar refractivity (Wildman–Crippen MR) is 64.1 cm³/mol. The van der Waals surface area contributed by atoms with Gasteiger partial charge in [-0.15, -0.1) is 0 Å². The first kappa shape index (κ1) is 11.9. The lowest BCUT2D eigenvalue weighted by molar-refractivity contribution is 0.403. The van der Waals surface area contributed by atoms with Gasteiger partial charge in [0.05, 0.1) is 12.7 Å². The van der Waals surface area contributed by atoms with E-state index in [0.717, 1.165) is 0 Å². The van der Waals surface area contributed by atoms with Crippen molar-refractivity contribution in [3.8, 4) is 17.2 Å². The number of rotatable bonds is 4. The smallest absolute Gasteiger partial charge is 0.261 e. The predicted octanol–water partition coefficient (Wildman–Crippen LogP) is 1.90. The van der Waals surface area contributed by atoms with Crippen LogP contribution in [0.2, 0.25) is 5.02 Å². The highest BCUT2D eigenvalue weighted by Crippen LogP contribution is 2.31. The molecule has 17 heavy (non-hydrogen) atoms. The summed E-state index contributed by atoms with van der Waals surface area (Å²) < 4.78 is 10.4. The van der Waals surface area contributed by atoms with Gasteiger partial charge in [0.2, 0.25) is 0 Å². The molecule has 0 aliphatic heterocycles. The van der Waals surface area contributed by atoms with Gasteiger partial charge < -0.3 is 15.0 Å². The lowest BCUT2D eigenvalue weighted by Gasteiger charge is -2.04. The van der Waals surface area contributed by atoms with Gasteiger partial charge in [-0.05, 0) is 24.7 Å². The molecule has 0 spiro atoms. The first-order valence-corrected chi connectivity index (χ1v) is 5.49. The van der Waals surface area contributed by atoms with Crippen LogP contribution in [0.1, 0.15) is 5.82 Å². The van der Waals surface area contributed by atoms with Crippen molar-refractivity contribution in [2.24, 2.45) is 5.73 Å². The van der Waals surface area contributed by atoms with Crippen molar-refractivity contribution in [3.63, 3.8) is 0 Å². The summed E-state index contributed by atoms with van der Waals surface area (Å²) in [6.07, 6.45) is 0.583. The molecule has 0 atom stereocenters. The normalized spacial score (nSPS) is 10.5. The largest absolute Gasteiger partial charge is 0.496 e. The average Bonchev–Trinajstić information content (AvgIpc) is 2.78. The van der Waals surface area contributed by atoms with Crippen molar-refractivity contribution in [1.29, 1.82) is 0 Å². The highest BCUT2D eigenvalue weighted by Gasteiger charge is 2.13. The Morgan fingerprint density at radius 2 is 2.29 bits per heavy atom. The van der Waals surface area contributed by atoms with Crippen molar-refractivity contribution >= 4 is 11.6 Å². The molecule has 0 bridgehead atoms. The molecule has 0 fully saturated rings. The molecular weight excluding hydrogens is 242 g/mol. The van der Waals surface area contributed by atoms with E-state index < -0.39 is 0 Å². The number of aromatic nitrogens is 2. The first-order valence-electron chi connectivity index (χ1n) is 5.11. The number of methoxy groups -OCH3 is 1. The summed E-state index contributed by atoms with van der Waals surface area (Å²) in [5, 5.41) is 4.42. The Hall–Kier alpha value is -1.59. The minimum atomic E-state index is 0.405. The van der Waals surface area contributed by atoms with Crippen molar-refractivity contribution in [1.82, 2.24) is 10.1 Å². The van der Waals surface area contributed by atoms with Crippen LogP contribution in [0.15, 0.2) is 22.7 Å². The van der Waals surface area contributed by atoms with Crippen LogP contribution in [0, 0.1) is 0 Å². The third-order valence-electron chi connectivity index (χ3n) is 2.23. The zero-order valence-electron chi connectivity index (χ0n) is 9.31. The highest BCUT2D eigenvalue weighted by molar-refractivity contribution is 6.30. The maximum Gasteiger partial charge on any atom is 0.261 e. The van der Waals surface area contributed by atoms with Gasteiger partial charge in [0, 0.05) is 11.4 Å². The van der Waals surface area contributed by atoms with Crippen LogP contribution in [0.5, 0.6) is 5.75 Å². The van der Waals surface area contributed by atoms with E-state index in [1.165, 1.54) is 0 Å². The van der Waals surface area contributed by atoms with Crippen LogP contribution >= 0.6 is 11.6 Å². The van der Waals surface area contributed by atoms with E-state index >= 15 is 0 Å². The van der Waals surface area contributed by atoms with Crippen LogP contribution in [0.25, 0.3) is 11.5 Å². The summed E-state index contributed by atoms with van der Waals surface area (Å²) in [5.41, 5.74) is 6.14. The molecule has 5 nitrogen and oxygen atoms in total. The fourth-order valence-electron chi connectivity index (χ4n) is 1.44. The molecule has 2 rings (SSSR count). The van der Waals surface area contributed by atoms with E-state index in [4.69, 9.17) is 26.6 Å². The van der Waals surface area contributed by atoms with E-state index in [1.807, 2.05) is 0 Å². The van der Waals surface area contributed by atoms with Crippen molar-refractivity contribution in [2.75, 3.05) is 13.7 Å². The number of nitrogens with two attached hydrogens (primary N) is 1. The van der Waals surface area contributed by atoms with E-state index in [1.54, 1.807) is 25.3 Å². The van der Waals surface area contributed by atoms with Crippen LogP contribution < -0.4 is 10.5 Å². The number of benzene rings is 1. The minimum absolute atomic E-state index is 0.405. The van der Waals surface area contributed by atoms with Crippen LogP contribution in [0.4, 0.5) is 0 Å². The zero-order valence-corrected chi connectivity index (χ0v) is 10.1. The van der Waals surface area contributed by atoms with Gasteiger partial charge in [0.25, 0.3) is 5.89 Å². The molecule has 1 aromatic heterocycles. The monoisotopic (exact) mass is 253 g/mol. The number of hydrogen-bond donors (Lipinski definition) is 1. The highest BCUT2D eigenvalue weighted by atomic mass is 35.5. The van der Waals surface area contributed by atoms with Crippen molar-refractivity contribution in [3.05, 3.63) is 29.0 Å². The van der Waals surface area contributed by atoms with Gasteiger partial charge in [0.1, 0.15) is 5.75 Å². The molecule has 2 N–H and O–H groups in total. The zero-order chi connectivity index (χ0) is 12.3. The molecule has 6 heteroatoms. The maximum atomic E-state index is 5.87.